The molecule has 1 atom stereocenters. The molecule has 2 fully saturated rings. The fraction of sp³-hybridized carbons (Fsp3) is 0.667. The number of hydrogen-bond acceptors (Lipinski definition) is 7. The van der Waals surface area contributed by atoms with Crippen LogP contribution in [0.5, 0.6) is 0 Å². The van der Waals surface area contributed by atoms with Crippen molar-refractivity contribution in [3.63, 3.8) is 0 Å². The summed E-state index contributed by atoms with van der Waals surface area (Å²) in [6, 6.07) is 0. The Hall–Kier alpha value is -2.06. The van der Waals surface area contributed by atoms with E-state index in [1.807, 2.05) is 6.92 Å². The van der Waals surface area contributed by atoms with Crippen LogP contribution in [0.4, 0.5) is 5.82 Å². The zero-order valence-electron chi connectivity index (χ0n) is 15.6. The number of anilines is 1. The summed E-state index contributed by atoms with van der Waals surface area (Å²) >= 11 is 0. The van der Waals surface area contributed by atoms with Crippen molar-refractivity contribution in [1.29, 1.82) is 0 Å². The van der Waals surface area contributed by atoms with Gasteiger partial charge in [0.1, 0.15) is 17.5 Å². The quantitative estimate of drug-likeness (QED) is 0.812. The largest absolute Gasteiger partial charge is 0.379 e. The first kappa shape index (κ1) is 17.4. The normalized spacial score (nSPS) is 21.9. The van der Waals surface area contributed by atoms with Crippen LogP contribution in [0.3, 0.4) is 0 Å². The maximum Gasteiger partial charge on any atom is 0.150 e. The second-order valence-corrected chi connectivity index (χ2v) is 7.17. The average Bonchev–Trinajstić information content (AvgIpc) is 3.03. The van der Waals surface area contributed by atoms with Gasteiger partial charge in [-0.2, -0.15) is 0 Å². The third kappa shape index (κ3) is 3.57. The summed E-state index contributed by atoms with van der Waals surface area (Å²) in [6.45, 7) is 8.34. The standard InChI is InChI=1S/C18H27N7O/c1-14-17(20-6-5-19-14)25-7-3-4-15(12-25)18-22-21-16(23(18)2)13-24-8-10-26-11-9-24/h5-6,15H,3-4,7-13H2,1-2H3. The lowest BCUT2D eigenvalue weighted by molar-refractivity contribution is 0.0326. The van der Waals surface area contributed by atoms with E-state index in [1.165, 1.54) is 0 Å². The van der Waals surface area contributed by atoms with Gasteiger partial charge in [0.05, 0.1) is 25.5 Å². The van der Waals surface area contributed by atoms with E-state index in [2.05, 4.69) is 41.6 Å². The van der Waals surface area contributed by atoms with Crippen molar-refractivity contribution in [2.75, 3.05) is 44.3 Å². The fourth-order valence-corrected chi connectivity index (χ4v) is 3.92. The minimum absolute atomic E-state index is 0.376. The van der Waals surface area contributed by atoms with E-state index in [0.29, 0.717) is 5.92 Å². The van der Waals surface area contributed by atoms with Crippen LogP contribution >= 0.6 is 0 Å². The first-order chi connectivity index (χ1) is 12.7. The third-order valence-electron chi connectivity index (χ3n) is 5.41. The van der Waals surface area contributed by atoms with E-state index >= 15 is 0 Å². The molecule has 26 heavy (non-hydrogen) atoms. The van der Waals surface area contributed by atoms with Crippen molar-refractivity contribution in [1.82, 2.24) is 29.6 Å². The Bertz CT molecular complexity index is 741. The molecule has 1 unspecified atom stereocenters. The monoisotopic (exact) mass is 357 g/mol. The fourth-order valence-electron chi connectivity index (χ4n) is 3.92. The van der Waals surface area contributed by atoms with Gasteiger partial charge in [0, 0.05) is 51.5 Å². The van der Waals surface area contributed by atoms with Crippen LogP contribution in [-0.4, -0.2) is 69.0 Å². The lowest BCUT2D eigenvalue weighted by Gasteiger charge is -2.33. The van der Waals surface area contributed by atoms with Crippen molar-refractivity contribution in [3.8, 4) is 0 Å². The molecule has 8 nitrogen and oxygen atoms in total. The van der Waals surface area contributed by atoms with Gasteiger partial charge in [-0.1, -0.05) is 0 Å². The van der Waals surface area contributed by atoms with Gasteiger partial charge >= 0.3 is 0 Å². The highest BCUT2D eigenvalue weighted by Crippen LogP contribution is 2.29. The predicted octanol–water partition coefficient (Wildman–Crippen LogP) is 1.13. The highest BCUT2D eigenvalue weighted by molar-refractivity contribution is 5.43. The molecule has 0 aromatic carbocycles. The summed E-state index contributed by atoms with van der Waals surface area (Å²) in [6.07, 6.45) is 5.79. The molecule has 2 aliphatic rings. The molecule has 140 valence electrons. The van der Waals surface area contributed by atoms with Crippen LogP contribution in [-0.2, 0) is 18.3 Å². The van der Waals surface area contributed by atoms with E-state index in [9.17, 15) is 0 Å². The lowest BCUT2D eigenvalue weighted by Crippen LogP contribution is -2.37. The molecule has 8 heteroatoms. The Kier molecular flexibility index (Phi) is 5.12. The van der Waals surface area contributed by atoms with Crippen molar-refractivity contribution in [3.05, 3.63) is 29.7 Å². The number of hydrogen-bond donors (Lipinski definition) is 0. The van der Waals surface area contributed by atoms with Gasteiger partial charge in [0.15, 0.2) is 0 Å². The first-order valence-electron chi connectivity index (χ1n) is 9.43. The number of ether oxygens (including phenoxy) is 1. The Morgan fingerprint density at radius 1 is 1.12 bits per heavy atom. The van der Waals surface area contributed by atoms with E-state index in [-0.39, 0.29) is 0 Å². The number of aryl methyl sites for hydroxylation is 1. The summed E-state index contributed by atoms with van der Waals surface area (Å²) in [4.78, 5) is 13.6. The smallest absolute Gasteiger partial charge is 0.150 e. The molecule has 4 heterocycles. The Morgan fingerprint density at radius 3 is 2.73 bits per heavy atom. The molecule has 0 saturated carbocycles. The molecule has 4 rings (SSSR count). The van der Waals surface area contributed by atoms with E-state index in [0.717, 1.165) is 81.9 Å². The number of nitrogens with zero attached hydrogens (tertiary/aromatic N) is 7. The van der Waals surface area contributed by atoms with Gasteiger partial charge in [-0.3, -0.25) is 9.88 Å². The molecule has 2 aromatic heterocycles. The second-order valence-electron chi connectivity index (χ2n) is 7.17. The van der Waals surface area contributed by atoms with Crippen LogP contribution in [0.1, 0.15) is 36.1 Å². The van der Waals surface area contributed by atoms with Crippen molar-refractivity contribution >= 4 is 5.82 Å². The Labute approximate surface area is 154 Å². The molecular formula is C18H27N7O. The van der Waals surface area contributed by atoms with Crippen molar-refractivity contribution in [2.24, 2.45) is 7.05 Å². The zero-order valence-corrected chi connectivity index (χ0v) is 15.6. The molecule has 0 bridgehead atoms. The van der Waals surface area contributed by atoms with E-state index in [4.69, 9.17) is 4.74 Å². The molecule has 0 aliphatic carbocycles. The number of piperidine rings is 1. The molecule has 2 saturated heterocycles. The molecule has 0 spiro atoms. The van der Waals surface area contributed by atoms with Gasteiger partial charge in [0.2, 0.25) is 0 Å². The molecule has 2 aliphatic heterocycles. The predicted molar refractivity (Wildman–Crippen MR) is 98.1 cm³/mol. The first-order valence-corrected chi connectivity index (χ1v) is 9.43. The van der Waals surface area contributed by atoms with Gasteiger partial charge in [-0.15, -0.1) is 10.2 Å². The van der Waals surface area contributed by atoms with E-state index in [1.54, 1.807) is 12.4 Å². The summed E-state index contributed by atoms with van der Waals surface area (Å²) in [7, 11) is 2.09. The summed E-state index contributed by atoms with van der Waals surface area (Å²) in [5, 5.41) is 9.03. The van der Waals surface area contributed by atoms with Gasteiger partial charge in [-0.25, -0.2) is 4.98 Å². The van der Waals surface area contributed by atoms with E-state index < -0.39 is 0 Å². The molecular weight excluding hydrogens is 330 g/mol. The Morgan fingerprint density at radius 2 is 1.92 bits per heavy atom. The Balaban J connectivity index is 1.48. The molecule has 2 aromatic rings. The number of rotatable bonds is 4. The van der Waals surface area contributed by atoms with Crippen LogP contribution in [0.15, 0.2) is 12.4 Å². The minimum atomic E-state index is 0.376. The molecule has 0 radical (unpaired) electrons. The number of morpholine rings is 1. The minimum Gasteiger partial charge on any atom is -0.379 e. The highest BCUT2D eigenvalue weighted by Gasteiger charge is 2.28. The second kappa shape index (κ2) is 7.67. The number of aromatic nitrogens is 5. The van der Waals surface area contributed by atoms with Crippen LogP contribution in [0.25, 0.3) is 0 Å². The van der Waals surface area contributed by atoms with Crippen LogP contribution in [0.2, 0.25) is 0 Å². The van der Waals surface area contributed by atoms with Crippen molar-refractivity contribution < 1.29 is 4.74 Å². The van der Waals surface area contributed by atoms with Crippen LogP contribution in [0, 0.1) is 6.92 Å². The molecule has 0 N–H and O–H groups in total. The van der Waals surface area contributed by atoms with Gasteiger partial charge in [-0.05, 0) is 19.8 Å². The SMILES string of the molecule is Cc1nccnc1N1CCCC(c2nnc(CN3CCOCC3)n2C)C1. The van der Waals surface area contributed by atoms with Gasteiger partial charge in [0.25, 0.3) is 0 Å². The van der Waals surface area contributed by atoms with Crippen molar-refractivity contribution in [2.45, 2.75) is 32.2 Å². The zero-order chi connectivity index (χ0) is 17.9. The van der Waals surface area contributed by atoms with Crippen LogP contribution < -0.4 is 4.90 Å². The highest BCUT2D eigenvalue weighted by atomic mass is 16.5. The topological polar surface area (TPSA) is 72.2 Å². The third-order valence-corrected chi connectivity index (χ3v) is 5.41. The maximum atomic E-state index is 5.43. The molecule has 0 amide bonds. The summed E-state index contributed by atoms with van der Waals surface area (Å²) in [5.41, 5.74) is 0.985. The van der Waals surface area contributed by atoms with Gasteiger partial charge < -0.3 is 14.2 Å². The summed E-state index contributed by atoms with van der Waals surface area (Å²) in [5.74, 6) is 3.49. The summed E-state index contributed by atoms with van der Waals surface area (Å²) < 4.78 is 7.62. The lowest BCUT2D eigenvalue weighted by atomic mass is 9.97. The average molecular weight is 357 g/mol. The maximum absolute atomic E-state index is 5.43.